The number of carboxylic acids is 3. The lowest BCUT2D eigenvalue weighted by Crippen LogP contribution is -2.42. The first-order chi connectivity index (χ1) is 9.85. The summed E-state index contributed by atoms with van der Waals surface area (Å²) in [6.45, 7) is 2.31. The molecule has 0 saturated heterocycles. The Morgan fingerprint density at radius 2 is 1.14 bits per heavy atom. The third kappa shape index (κ3) is 11.8. The van der Waals surface area contributed by atoms with Crippen LogP contribution in [0, 0.1) is 0 Å². The number of hydrogen-bond donors (Lipinski definition) is 3. The first kappa shape index (κ1) is 19.3. The van der Waals surface area contributed by atoms with Gasteiger partial charge in [0.05, 0.1) is 19.6 Å². The summed E-state index contributed by atoms with van der Waals surface area (Å²) in [4.78, 5) is 35.1. The molecule has 0 aliphatic rings. The van der Waals surface area contributed by atoms with Crippen LogP contribution >= 0.6 is 0 Å². The Labute approximate surface area is 124 Å². The van der Waals surface area contributed by atoms with Crippen LogP contribution in [0.5, 0.6) is 0 Å². The van der Waals surface area contributed by atoms with Crippen molar-refractivity contribution in [2.75, 3.05) is 39.3 Å². The fourth-order valence-electron chi connectivity index (χ4n) is 1.93. The summed E-state index contributed by atoms with van der Waals surface area (Å²) in [6, 6.07) is 0. The predicted molar refractivity (Wildman–Crippen MR) is 75.3 cm³/mol. The Hall–Kier alpha value is -1.67. The third-order valence-corrected chi connectivity index (χ3v) is 2.89. The standard InChI is InChI=1S/C13H24N2O6/c1-2-3-4-5-14(8-11(16)17)6-7-15(9-12(18)19)10-13(20)21/h2-10H2,1H3,(H,16,17)(H,18,19)(H,20,21). The molecule has 0 aliphatic heterocycles. The van der Waals surface area contributed by atoms with Crippen LogP contribution in [0.4, 0.5) is 0 Å². The molecule has 0 heterocycles. The average Bonchev–Trinajstić information content (AvgIpc) is 2.33. The van der Waals surface area contributed by atoms with Crippen LogP contribution in [0.25, 0.3) is 0 Å². The molecule has 0 atom stereocenters. The molecule has 8 heteroatoms. The third-order valence-electron chi connectivity index (χ3n) is 2.89. The molecule has 0 radical (unpaired) electrons. The molecule has 0 aromatic heterocycles. The minimum absolute atomic E-state index is 0.127. The molecular formula is C13H24N2O6. The lowest BCUT2D eigenvalue weighted by Gasteiger charge is -2.24. The number of unbranched alkanes of at least 4 members (excludes halogenated alkanes) is 2. The second kappa shape index (κ2) is 11.0. The molecule has 0 aliphatic carbocycles. The summed E-state index contributed by atoms with van der Waals surface area (Å²) in [5.74, 6) is -3.16. The molecule has 0 spiro atoms. The van der Waals surface area contributed by atoms with Gasteiger partial charge < -0.3 is 15.3 Å². The van der Waals surface area contributed by atoms with Crippen molar-refractivity contribution >= 4 is 17.9 Å². The van der Waals surface area contributed by atoms with Crippen molar-refractivity contribution in [3.05, 3.63) is 0 Å². The van der Waals surface area contributed by atoms with E-state index >= 15 is 0 Å². The van der Waals surface area contributed by atoms with Crippen molar-refractivity contribution in [1.29, 1.82) is 0 Å². The van der Waals surface area contributed by atoms with E-state index in [9.17, 15) is 14.4 Å². The summed E-state index contributed by atoms with van der Waals surface area (Å²) in [5, 5.41) is 26.3. The van der Waals surface area contributed by atoms with Gasteiger partial charge in [-0.3, -0.25) is 24.2 Å². The largest absolute Gasteiger partial charge is 0.480 e. The van der Waals surface area contributed by atoms with Crippen LogP contribution in [0.15, 0.2) is 0 Å². The minimum atomic E-state index is -1.10. The second-order valence-corrected chi connectivity index (χ2v) is 4.88. The second-order valence-electron chi connectivity index (χ2n) is 4.88. The van der Waals surface area contributed by atoms with E-state index in [0.29, 0.717) is 13.1 Å². The lowest BCUT2D eigenvalue weighted by molar-refractivity contribution is -0.143. The van der Waals surface area contributed by atoms with Crippen LogP contribution < -0.4 is 0 Å². The van der Waals surface area contributed by atoms with Gasteiger partial charge in [0.2, 0.25) is 0 Å². The van der Waals surface area contributed by atoms with Gasteiger partial charge in [0.1, 0.15) is 0 Å². The first-order valence-electron chi connectivity index (χ1n) is 6.95. The van der Waals surface area contributed by atoms with Crippen LogP contribution in [-0.2, 0) is 14.4 Å². The zero-order valence-electron chi connectivity index (χ0n) is 12.3. The average molecular weight is 304 g/mol. The summed E-state index contributed by atoms with van der Waals surface area (Å²) in [5.41, 5.74) is 0. The van der Waals surface area contributed by atoms with Gasteiger partial charge in [0.15, 0.2) is 0 Å². The summed E-state index contributed by atoms with van der Waals surface area (Å²) in [7, 11) is 0. The molecule has 0 unspecified atom stereocenters. The molecule has 122 valence electrons. The van der Waals surface area contributed by atoms with E-state index < -0.39 is 17.9 Å². The van der Waals surface area contributed by atoms with Gasteiger partial charge >= 0.3 is 17.9 Å². The summed E-state index contributed by atoms with van der Waals surface area (Å²) >= 11 is 0. The minimum Gasteiger partial charge on any atom is -0.480 e. The van der Waals surface area contributed by atoms with Crippen molar-refractivity contribution in [3.63, 3.8) is 0 Å². The van der Waals surface area contributed by atoms with Crippen molar-refractivity contribution in [2.24, 2.45) is 0 Å². The summed E-state index contributed by atoms with van der Waals surface area (Å²) < 4.78 is 0. The number of aliphatic carboxylic acids is 3. The quantitative estimate of drug-likeness (QED) is 0.408. The molecule has 0 fully saturated rings. The Bertz CT molecular complexity index is 332. The van der Waals surface area contributed by atoms with Crippen LogP contribution in [-0.4, -0.2) is 82.3 Å². The van der Waals surface area contributed by atoms with Crippen molar-refractivity contribution in [1.82, 2.24) is 9.80 Å². The highest BCUT2D eigenvalue weighted by molar-refractivity contribution is 5.72. The Kier molecular flexibility index (Phi) is 10.2. The first-order valence-corrected chi connectivity index (χ1v) is 6.95. The van der Waals surface area contributed by atoms with E-state index in [1.54, 1.807) is 4.90 Å². The normalized spacial score (nSPS) is 11.0. The van der Waals surface area contributed by atoms with E-state index in [1.807, 2.05) is 6.92 Å². The highest BCUT2D eigenvalue weighted by Gasteiger charge is 2.16. The zero-order chi connectivity index (χ0) is 16.3. The van der Waals surface area contributed by atoms with Crippen LogP contribution in [0.3, 0.4) is 0 Å². The lowest BCUT2D eigenvalue weighted by atomic mass is 10.2. The van der Waals surface area contributed by atoms with Crippen molar-refractivity contribution in [2.45, 2.75) is 26.2 Å². The zero-order valence-corrected chi connectivity index (χ0v) is 12.3. The molecular weight excluding hydrogens is 280 g/mol. The van der Waals surface area contributed by atoms with Crippen LogP contribution in [0.1, 0.15) is 26.2 Å². The molecule has 0 aromatic carbocycles. The topological polar surface area (TPSA) is 118 Å². The van der Waals surface area contributed by atoms with Gasteiger partial charge in [-0.2, -0.15) is 0 Å². The smallest absolute Gasteiger partial charge is 0.317 e. The monoisotopic (exact) mass is 304 g/mol. The molecule has 0 saturated carbocycles. The van der Waals surface area contributed by atoms with Gasteiger partial charge in [0.25, 0.3) is 0 Å². The van der Waals surface area contributed by atoms with E-state index in [2.05, 4.69) is 0 Å². The maximum absolute atomic E-state index is 10.8. The Balaban J connectivity index is 4.38. The SMILES string of the molecule is CCCCCN(CCN(CC(=O)O)CC(=O)O)CC(=O)O. The number of carbonyl (C=O) groups is 3. The Morgan fingerprint density at radius 1 is 0.714 bits per heavy atom. The van der Waals surface area contributed by atoms with Gasteiger partial charge in [-0.25, -0.2) is 0 Å². The molecule has 21 heavy (non-hydrogen) atoms. The maximum atomic E-state index is 10.8. The van der Waals surface area contributed by atoms with E-state index in [1.165, 1.54) is 4.90 Å². The van der Waals surface area contributed by atoms with Crippen LogP contribution in [0.2, 0.25) is 0 Å². The fourth-order valence-corrected chi connectivity index (χ4v) is 1.93. The number of rotatable bonds is 13. The predicted octanol–water partition coefficient (Wildman–Crippen LogP) is 0.0344. The number of hydrogen-bond acceptors (Lipinski definition) is 5. The van der Waals surface area contributed by atoms with Crippen molar-refractivity contribution < 1.29 is 29.7 Å². The van der Waals surface area contributed by atoms with Crippen molar-refractivity contribution in [3.8, 4) is 0 Å². The van der Waals surface area contributed by atoms with Gasteiger partial charge in [-0.05, 0) is 13.0 Å². The summed E-state index contributed by atoms with van der Waals surface area (Å²) in [6.07, 6.45) is 2.87. The fraction of sp³-hybridized carbons (Fsp3) is 0.769. The molecule has 8 nitrogen and oxygen atoms in total. The highest BCUT2D eigenvalue weighted by atomic mass is 16.4. The van der Waals surface area contributed by atoms with E-state index in [0.717, 1.165) is 19.3 Å². The Morgan fingerprint density at radius 3 is 1.57 bits per heavy atom. The van der Waals surface area contributed by atoms with Gasteiger partial charge in [-0.15, -0.1) is 0 Å². The van der Waals surface area contributed by atoms with E-state index in [4.69, 9.17) is 15.3 Å². The van der Waals surface area contributed by atoms with E-state index in [-0.39, 0.29) is 26.2 Å². The molecule has 3 N–H and O–H groups in total. The molecule has 0 bridgehead atoms. The number of nitrogens with zero attached hydrogens (tertiary/aromatic N) is 2. The van der Waals surface area contributed by atoms with Gasteiger partial charge in [-0.1, -0.05) is 19.8 Å². The highest BCUT2D eigenvalue weighted by Crippen LogP contribution is 2.00. The molecule has 0 rings (SSSR count). The molecule has 0 amide bonds. The number of carboxylic acid groups (broad SMARTS) is 3. The molecule has 0 aromatic rings. The van der Waals surface area contributed by atoms with Gasteiger partial charge in [0, 0.05) is 13.1 Å². The maximum Gasteiger partial charge on any atom is 0.317 e.